The Kier molecular flexibility index (Phi) is 7.72. The first kappa shape index (κ1) is 18.7. The van der Waals surface area contributed by atoms with Gasteiger partial charge in [0.05, 0.1) is 12.4 Å². The molecule has 0 spiro atoms. The molecule has 0 saturated carbocycles. The molecule has 0 aliphatic carbocycles. The minimum Gasteiger partial charge on any atom is -0.459 e. The van der Waals surface area contributed by atoms with Crippen LogP contribution in [0.1, 0.15) is 42.0 Å². The van der Waals surface area contributed by atoms with Crippen molar-refractivity contribution in [2.24, 2.45) is 0 Å². The largest absolute Gasteiger partial charge is 0.459 e. The molecule has 1 aromatic carbocycles. The first-order chi connectivity index (χ1) is 12.2. The van der Waals surface area contributed by atoms with Crippen molar-refractivity contribution < 1.29 is 18.7 Å². The van der Waals surface area contributed by atoms with Crippen LogP contribution >= 0.6 is 0 Å². The molecule has 1 atom stereocenters. The minimum atomic E-state index is -0.318. The van der Waals surface area contributed by atoms with Crippen LogP contribution in [0.2, 0.25) is 0 Å². The van der Waals surface area contributed by atoms with Crippen LogP contribution in [0.3, 0.4) is 0 Å². The fraction of sp³-hybridized carbons (Fsp3) is 0.368. The van der Waals surface area contributed by atoms with Crippen LogP contribution in [0.4, 0.5) is 0 Å². The summed E-state index contributed by atoms with van der Waals surface area (Å²) < 4.78 is 10.7. The topological polar surface area (TPSA) is 80.6 Å². The number of carbonyl (C=O) groups is 2. The fourth-order valence-corrected chi connectivity index (χ4v) is 2.25. The van der Waals surface area contributed by atoms with Gasteiger partial charge in [0, 0.05) is 26.1 Å². The summed E-state index contributed by atoms with van der Waals surface area (Å²) in [4.78, 5) is 23.3. The van der Waals surface area contributed by atoms with Gasteiger partial charge in [-0.1, -0.05) is 30.3 Å². The van der Waals surface area contributed by atoms with Crippen molar-refractivity contribution in [2.45, 2.75) is 25.9 Å². The first-order valence-electron chi connectivity index (χ1n) is 8.42. The highest BCUT2D eigenvalue weighted by atomic mass is 16.5. The molecule has 2 amide bonds. The van der Waals surface area contributed by atoms with Crippen LogP contribution in [0, 0.1) is 0 Å². The number of hydrogen-bond donors (Lipinski definition) is 2. The molecule has 2 aromatic rings. The number of nitrogens with one attached hydrogen (secondary N) is 2. The Morgan fingerprint density at radius 1 is 1.08 bits per heavy atom. The third-order valence-electron chi connectivity index (χ3n) is 3.66. The highest BCUT2D eigenvalue weighted by Crippen LogP contribution is 2.15. The molecule has 25 heavy (non-hydrogen) atoms. The highest BCUT2D eigenvalue weighted by Gasteiger charge is 2.08. The van der Waals surface area contributed by atoms with Crippen molar-refractivity contribution in [3.8, 4) is 0 Å². The van der Waals surface area contributed by atoms with E-state index in [0.29, 0.717) is 13.2 Å². The van der Waals surface area contributed by atoms with Crippen molar-refractivity contribution in [3.05, 3.63) is 60.1 Å². The number of hydrogen-bond acceptors (Lipinski definition) is 4. The Morgan fingerprint density at radius 2 is 1.88 bits per heavy atom. The Bertz CT molecular complexity index is 641. The van der Waals surface area contributed by atoms with E-state index in [2.05, 4.69) is 10.6 Å². The van der Waals surface area contributed by atoms with E-state index in [-0.39, 0.29) is 36.6 Å². The van der Waals surface area contributed by atoms with E-state index in [0.717, 1.165) is 12.0 Å². The molecule has 134 valence electrons. The number of amides is 2. The van der Waals surface area contributed by atoms with Gasteiger partial charge in [0.25, 0.3) is 5.91 Å². The molecule has 6 nitrogen and oxygen atoms in total. The summed E-state index contributed by atoms with van der Waals surface area (Å²) in [6.07, 6.45) is 2.44. The molecule has 1 aromatic heterocycles. The Balaban J connectivity index is 1.50. The minimum absolute atomic E-state index is 0.0358. The lowest BCUT2D eigenvalue weighted by atomic mass is 10.1. The molecule has 0 aliphatic rings. The molecule has 0 aliphatic heterocycles. The van der Waals surface area contributed by atoms with Gasteiger partial charge < -0.3 is 19.8 Å². The van der Waals surface area contributed by atoms with E-state index in [4.69, 9.17) is 9.15 Å². The quantitative estimate of drug-likeness (QED) is 0.649. The normalized spacial score (nSPS) is 11.7. The number of furan rings is 1. The fourth-order valence-electron chi connectivity index (χ4n) is 2.25. The second-order valence-electron chi connectivity index (χ2n) is 5.61. The summed E-state index contributed by atoms with van der Waals surface area (Å²) >= 11 is 0. The number of ether oxygens (including phenoxy) is 1. The van der Waals surface area contributed by atoms with Crippen molar-refractivity contribution in [3.63, 3.8) is 0 Å². The second-order valence-corrected chi connectivity index (χ2v) is 5.61. The zero-order valence-corrected chi connectivity index (χ0v) is 14.4. The molecule has 0 bridgehead atoms. The summed E-state index contributed by atoms with van der Waals surface area (Å²) in [5, 5.41) is 5.44. The van der Waals surface area contributed by atoms with E-state index in [1.54, 1.807) is 12.1 Å². The summed E-state index contributed by atoms with van der Waals surface area (Å²) in [6, 6.07) is 13.2. The van der Waals surface area contributed by atoms with Gasteiger partial charge in [-0.05, 0) is 31.0 Å². The van der Waals surface area contributed by atoms with Gasteiger partial charge in [-0.15, -0.1) is 0 Å². The highest BCUT2D eigenvalue weighted by molar-refractivity contribution is 5.91. The maximum Gasteiger partial charge on any atom is 0.286 e. The molecule has 2 rings (SSSR count). The van der Waals surface area contributed by atoms with Crippen molar-refractivity contribution >= 4 is 11.8 Å². The van der Waals surface area contributed by atoms with Crippen LogP contribution in [0.25, 0.3) is 0 Å². The smallest absolute Gasteiger partial charge is 0.286 e. The van der Waals surface area contributed by atoms with E-state index in [9.17, 15) is 9.59 Å². The monoisotopic (exact) mass is 344 g/mol. The average Bonchev–Trinajstić information content (AvgIpc) is 3.16. The number of benzene rings is 1. The Morgan fingerprint density at radius 3 is 2.60 bits per heavy atom. The van der Waals surface area contributed by atoms with Gasteiger partial charge >= 0.3 is 0 Å². The molecule has 0 saturated heterocycles. The summed E-state index contributed by atoms with van der Waals surface area (Å²) in [5.41, 5.74) is 1.14. The Hall–Kier alpha value is -2.60. The summed E-state index contributed by atoms with van der Waals surface area (Å²) in [6.45, 7) is 3.40. The molecule has 0 fully saturated rings. The van der Waals surface area contributed by atoms with Gasteiger partial charge in [0.1, 0.15) is 0 Å². The van der Waals surface area contributed by atoms with E-state index >= 15 is 0 Å². The lowest BCUT2D eigenvalue weighted by Crippen LogP contribution is -2.31. The second kappa shape index (κ2) is 10.3. The van der Waals surface area contributed by atoms with Gasteiger partial charge in [0.2, 0.25) is 5.91 Å². The molecule has 2 N–H and O–H groups in total. The third-order valence-corrected chi connectivity index (χ3v) is 3.66. The molecule has 6 heteroatoms. The van der Waals surface area contributed by atoms with E-state index < -0.39 is 0 Å². The zero-order chi connectivity index (χ0) is 17.9. The maximum absolute atomic E-state index is 11.7. The average molecular weight is 344 g/mol. The van der Waals surface area contributed by atoms with Crippen molar-refractivity contribution in [1.82, 2.24) is 10.6 Å². The van der Waals surface area contributed by atoms with Crippen molar-refractivity contribution in [2.75, 3.05) is 19.7 Å². The first-order valence-corrected chi connectivity index (χ1v) is 8.42. The Labute approximate surface area is 147 Å². The molecular weight excluding hydrogens is 320 g/mol. The predicted octanol–water partition coefficient (Wildman–Crippen LogP) is 2.68. The van der Waals surface area contributed by atoms with Crippen LogP contribution in [0.15, 0.2) is 53.1 Å². The van der Waals surface area contributed by atoms with E-state index in [1.165, 1.54) is 6.26 Å². The standard InChI is InChI=1S/C19H24N2O4/c1-15(16-7-3-2-4-8-16)24-14-6-11-20-18(22)10-12-21-19(23)17-9-5-13-25-17/h2-5,7-9,13,15H,6,10-12,14H2,1H3,(H,20,22)(H,21,23). The van der Waals surface area contributed by atoms with Gasteiger partial charge in [-0.3, -0.25) is 9.59 Å². The van der Waals surface area contributed by atoms with Gasteiger partial charge in [0.15, 0.2) is 5.76 Å². The van der Waals surface area contributed by atoms with Gasteiger partial charge in [-0.25, -0.2) is 0 Å². The summed E-state index contributed by atoms with van der Waals surface area (Å²) in [7, 11) is 0. The van der Waals surface area contributed by atoms with Gasteiger partial charge in [-0.2, -0.15) is 0 Å². The van der Waals surface area contributed by atoms with E-state index in [1.807, 2.05) is 37.3 Å². The third kappa shape index (κ3) is 6.81. The lowest BCUT2D eigenvalue weighted by Gasteiger charge is -2.13. The molecule has 1 unspecified atom stereocenters. The number of carbonyl (C=O) groups excluding carboxylic acids is 2. The lowest BCUT2D eigenvalue weighted by molar-refractivity contribution is -0.121. The maximum atomic E-state index is 11.7. The predicted molar refractivity (Wildman–Crippen MR) is 94.1 cm³/mol. The SMILES string of the molecule is CC(OCCCNC(=O)CCNC(=O)c1ccco1)c1ccccc1. The summed E-state index contributed by atoms with van der Waals surface area (Å²) in [5.74, 6) is -0.179. The van der Waals surface area contributed by atoms with Crippen LogP contribution in [-0.4, -0.2) is 31.5 Å². The van der Waals surface area contributed by atoms with Crippen molar-refractivity contribution in [1.29, 1.82) is 0 Å². The molecular formula is C19H24N2O4. The number of rotatable bonds is 10. The molecule has 0 radical (unpaired) electrons. The molecule has 1 heterocycles. The zero-order valence-electron chi connectivity index (χ0n) is 14.4. The van der Waals surface area contributed by atoms with Crippen LogP contribution in [-0.2, 0) is 9.53 Å². The van der Waals surface area contributed by atoms with Crippen LogP contribution < -0.4 is 10.6 Å². The van der Waals surface area contributed by atoms with Crippen LogP contribution in [0.5, 0.6) is 0 Å².